The van der Waals surface area contributed by atoms with Crippen molar-refractivity contribution in [2.45, 2.75) is 19.8 Å². The van der Waals surface area contributed by atoms with Gasteiger partial charge in [0.25, 0.3) is 0 Å². The largest absolute Gasteiger partial charge is 0.492 e. The van der Waals surface area contributed by atoms with E-state index in [1.54, 1.807) is 23.1 Å². The highest BCUT2D eigenvalue weighted by atomic mass is 35.5. The van der Waals surface area contributed by atoms with Crippen LogP contribution in [0.4, 0.5) is 10.5 Å². The topological polar surface area (TPSA) is 44.8 Å². The van der Waals surface area contributed by atoms with Gasteiger partial charge in [0.2, 0.25) is 0 Å². The number of anilines is 1. The van der Waals surface area contributed by atoms with Gasteiger partial charge in [-0.05, 0) is 57.5 Å². The lowest BCUT2D eigenvalue weighted by molar-refractivity contribution is 0.170. The van der Waals surface area contributed by atoms with Crippen molar-refractivity contribution in [1.82, 2.24) is 9.80 Å². The molecule has 2 amide bonds. The molecule has 128 valence electrons. The zero-order chi connectivity index (χ0) is 16.8. The number of ether oxygens (including phenoxy) is 1. The number of nitrogens with one attached hydrogen (secondary N) is 1. The van der Waals surface area contributed by atoms with Crippen LogP contribution in [0.25, 0.3) is 0 Å². The Hall–Kier alpha value is -1.46. The number of urea groups is 1. The summed E-state index contributed by atoms with van der Waals surface area (Å²) in [6, 6.07) is 5.18. The van der Waals surface area contributed by atoms with Gasteiger partial charge in [-0.25, -0.2) is 4.79 Å². The number of amides is 2. The van der Waals surface area contributed by atoms with Crippen LogP contribution >= 0.6 is 11.6 Å². The molecule has 1 unspecified atom stereocenters. The Morgan fingerprint density at radius 1 is 1.52 bits per heavy atom. The Morgan fingerprint density at radius 2 is 2.30 bits per heavy atom. The van der Waals surface area contributed by atoms with Crippen LogP contribution in [0.3, 0.4) is 0 Å². The zero-order valence-corrected chi connectivity index (χ0v) is 14.9. The van der Waals surface area contributed by atoms with E-state index in [4.69, 9.17) is 16.3 Å². The first-order valence-electron chi connectivity index (χ1n) is 8.12. The van der Waals surface area contributed by atoms with E-state index in [0.717, 1.165) is 19.6 Å². The number of piperidine rings is 1. The average Bonchev–Trinajstić information content (AvgIpc) is 2.50. The highest BCUT2D eigenvalue weighted by molar-refractivity contribution is 6.32. The third-order valence-electron chi connectivity index (χ3n) is 4.08. The standard InChI is InChI=1S/C17H26ClN3O2/c1-4-23-16-8-7-14(10-15(16)18)19-17(22)21(3)12-13-6-5-9-20(2)11-13/h7-8,10,13H,4-6,9,11-12H2,1-3H3,(H,19,22). The van der Waals surface area contributed by atoms with Crippen LogP contribution in [0, 0.1) is 5.92 Å². The number of benzene rings is 1. The fourth-order valence-electron chi connectivity index (χ4n) is 2.96. The molecule has 1 fully saturated rings. The molecule has 1 atom stereocenters. The first kappa shape index (κ1) is 17.9. The first-order valence-corrected chi connectivity index (χ1v) is 8.50. The highest BCUT2D eigenvalue weighted by Crippen LogP contribution is 2.27. The third kappa shape index (κ3) is 5.29. The monoisotopic (exact) mass is 339 g/mol. The molecule has 1 aliphatic heterocycles. The highest BCUT2D eigenvalue weighted by Gasteiger charge is 2.20. The molecule has 2 rings (SSSR count). The summed E-state index contributed by atoms with van der Waals surface area (Å²) in [5.74, 6) is 1.17. The summed E-state index contributed by atoms with van der Waals surface area (Å²) in [4.78, 5) is 16.4. The molecule has 0 aromatic heterocycles. The SMILES string of the molecule is CCOc1ccc(NC(=O)N(C)CC2CCCN(C)C2)cc1Cl. The van der Waals surface area contributed by atoms with Crippen molar-refractivity contribution in [3.63, 3.8) is 0 Å². The van der Waals surface area contributed by atoms with E-state index in [0.29, 0.717) is 29.0 Å². The fourth-order valence-corrected chi connectivity index (χ4v) is 3.20. The molecule has 5 nitrogen and oxygen atoms in total. The van der Waals surface area contributed by atoms with Crippen molar-refractivity contribution in [2.24, 2.45) is 5.92 Å². The molecule has 0 bridgehead atoms. The number of carbonyl (C=O) groups excluding carboxylic acids is 1. The maximum atomic E-state index is 12.3. The molecular weight excluding hydrogens is 314 g/mol. The zero-order valence-electron chi connectivity index (χ0n) is 14.1. The quantitative estimate of drug-likeness (QED) is 0.892. The predicted octanol–water partition coefficient (Wildman–Crippen LogP) is 3.54. The molecule has 1 saturated heterocycles. The van der Waals surface area contributed by atoms with Crippen LogP contribution in [0.2, 0.25) is 5.02 Å². The fraction of sp³-hybridized carbons (Fsp3) is 0.588. The lowest BCUT2D eigenvalue weighted by atomic mass is 9.98. The smallest absolute Gasteiger partial charge is 0.321 e. The first-order chi connectivity index (χ1) is 11.0. The molecule has 1 N–H and O–H groups in total. The van der Waals surface area contributed by atoms with Gasteiger partial charge < -0.3 is 19.9 Å². The van der Waals surface area contributed by atoms with Crippen LogP contribution in [0.15, 0.2) is 18.2 Å². The van der Waals surface area contributed by atoms with Crippen molar-refractivity contribution in [3.05, 3.63) is 23.2 Å². The number of hydrogen-bond acceptors (Lipinski definition) is 3. The number of nitrogens with zero attached hydrogens (tertiary/aromatic N) is 2. The van der Waals surface area contributed by atoms with E-state index >= 15 is 0 Å². The van der Waals surface area contributed by atoms with Gasteiger partial charge in [-0.2, -0.15) is 0 Å². The lowest BCUT2D eigenvalue weighted by Crippen LogP contribution is -2.41. The average molecular weight is 340 g/mol. The third-order valence-corrected chi connectivity index (χ3v) is 4.38. The van der Waals surface area contributed by atoms with Gasteiger partial charge in [0.1, 0.15) is 5.75 Å². The number of hydrogen-bond donors (Lipinski definition) is 1. The summed E-state index contributed by atoms with van der Waals surface area (Å²) in [6.45, 7) is 5.43. The Balaban J connectivity index is 1.89. The molecule has 0 aliphatic carbocycles. The lowest BCUT2D eigenvalue weighted by Gasteiger charge is -2.32. The normalized spacial score (nSPS) is 18.5. The molecule has 1 aromatic carbocycles. The van der Waals surface area contributed by atoms with Gasteiger partial charge in [-0.15, -0.1) is 0 Å². The molecule has 0 radical (unpaired) electrons. The summed E-state index contributed by atoms with van der Waals surface area (Å²) in [6.07, 6.45) is 2.38. The van der Waals surface area contributed by atoms with Crippen molar-refractivity contribution in [3.8, 4) is 5.75 Å². The van der Waals surface area contributed by atoms with Gasteiger partial charge in [0.05, 0.1) is 11.6 Å². The van der Waals surface area contributed by atoms with Crippen LogP contribution in [0.1, 0.15) is 19.8 Å². The van der Waals surface area contributed by atoms with Crippen LogP contribution in [-0.2, 0) is 0 Å². The number of likely N-dealkylation sites (tertiary alicyclic amines) is 1. The Labute approximate surface area is 143 Å². The van der Waals surface area contributed by atoms with E-state index in [-0.39, 0.29) is 6.03 Å². The van der Waals surface area contributed by atoms with E-state index in [2.05, 4.69) is 17.3 Å². The molecule has 1 heterocycles. The van der Waals surface area contributed by atoms with Crippen molar-refractivity contribution < 1.29 is 9.53 Å². The Kier molecular flexibility index (Phi) is 6.54. The molecule has 1 aromatic rings. The van der Waals surface area contributed by atoms with E-state index in [1.807, 2.05) is 14.0 Å². The number of rotatable bonds is 5. The summed E-state index contributed by atoms with van der Waals surface area (Å²) in [7, 11) is 3.97. The molecule has 1 aliphatic rings. The van der Waals surface area contributed by atoms with Crippen LogP contribution < -0.4 is 10.1 Å². The second kappa shape index (κ2) is 8.41. The number of halogens is 1. The summed E-state index contributed by atoms with van der Waals surface area (Å²) in [5.41, 5.74) is 0.677. The van der Waals surface area contributed by atoms with Crippen LogP contribution in [0.5, 0.6) is 5.75 Å². The van der Waals surface area contributed by atoms with Gasteiger partial charge in [0.15, 0.2) is 0 Å². The summed E-state index contributed by atoms with van der Waals surface area (Å²) in [5, 5.41) is 3.39. The van der Waals surface area contributed by atoms with Crippen LogP contribution in [-0.4, -0.2) is 56.2 Å². The Bertz CT molecular complexity index is 539. The van der Waals surface area contributed by atoms with E-state index < -0.39 is 0 Å². The molecule has 23 heavy (non-hydrogen) atoms. The van der Waals surface area contributed by atoms with Crippen molar-refractivity contribution in [1.29, 1.82) is 0 Å². The minimum atomic E-state index is -0.113. The second-order valence-corrected chi connectivity index (χ2v) is 6.57. The van der Waals surface area contributed by atoms with Gasteiger partial charge >= 0.3 is 6.03 Å². The maximum absolute atomic E-state index is 12.3. The number of carbonyl (C=O) groups is 1. The van der Waals surface area contributed by atoms with E-state index in [1.165, 1.54) is 12.8 Å². The Morgan fingerprint density at radius 3 is 2.96 bits per heavy atom. The van der Waals surface area contributed by atoms with Gasteiger partial charge in [-0.3, -0.25) is 0 Å². The molecule has 6 heteroatoms. The molecular formula is C17H26ClN3O2. The molecule has 0 spiro atoms. The molecule has 0 saturated carbocycles. The van der Waals surface area contributed by atoms with E-state index in [9.17, 15) is 4.79 Å². The van der Waals surface area contributed by atoms with Gasteiger partial charge in [-0.1, -0.05) is 11.6 Å². The maximum Gasteiger partial charge on any atom is 0.321 e. The predicted molar refractivity (Wildman–Crippen MR) is 94.5 cm³/mol. The van der Waals surface area contributed by atoms with Crippen molar-refractivity contribution >= 4 is 23.3 Å². The van der Waals surface area contributed by atoms with Crippen molar-refractivity contribution in [2.75, 3.05) is 45.7 Å². The van der Waals surface area contributed by atoms with Gasteiger partial charge in [0, 0.05) is 25.8 Å². The minimum absolute atomic E-state index is 0.113. The summed E-state index contributed by atoms with van der Waals surface area (Å²) >= 11 is 6.15. The minimum Gasteiger partial charge on any atom is -0.492 e. The summed E-state index contributed by atoms with van der Waals surface area (Å²) < 4.78 is 5.39. The second-order valence-electron chi connectivity index (χ2n) is 6.16.